The zero-order chi connectivity index (χ0) is 12.8. The molecule has 96 valence electrons. The van der Waals surface area contributed by atoms with Gasteiger partial charge < -0.3 is 0 Å². The normalized spacial score (nSPS) is 42.0. The monoisotopic (exact) mass is 256 g/mol. The van der Waals surface area contributed by atoms with E-state index < -0.39 is 15.5 Å². The summed E-state index contributed by atoms with van der Waals surface area (Å²) in [5.41, 5.74) is 0. The molecule has 1 aliphatic heterocycles. The zero-order valence-corrected chi connectivity index (χ0v) is 11.5. The van der Waals surface area contributed by atoms with Gasteiger partial charge in [0.15, 0.2) is 5.78 Å². The molecular weight excluding hydrogens is 236 g/mol. The van der Waals surface area contributed by atoms with Crippen molar-refractivity contribution in [3.8, 4) is 0 Å². The summed E-state index contributed by atoms with van der Waals surface area (Å²) in [6, 6.07) is 0. The maximum atomic E-state index is 12.4. The first-order valence-electron chi connectivity index (χ1n) is 6.40. The van der Waals surface area contributed by atoms with Gasteiger partial charge in [-0.3, -0.25) is 13.8 Å². The van der Waals surface area contributed by atoms with Gasteiger partial charge in [-0.1, -0.05) is 20.8 Å². The van der Waals surface area contributed by atoms with Gasteiger partial charge in [0, 0.05) is 12.3 Å². The van der Waals surface area contributed by atoms with Crippen LogP contribution in [0.15, 0.2) is 0 Å². The van der Waals surface area contributed by atoms with E-state index >= 15 is 0 Å². The number of carbonyl (C=O) groups is 2. The van der Waals surface area contributed by atoms with Gasteiger partial charge in [-0.15, -0.1) is 0 Å². The second-order valence-corrected chi connectivity index (χ2v) is 7.45. The van der Waals surface area contributed by atoms with E-state index in [9.17, 15) is 13.8 Å². The highest BCUT2D eigenvalue weighted by Crippen LogP contribution is 2.50. The molecule has 1 heterocycles. The number of hydrogen-bond acceptors (Lipinski definition) is 3. The highest BCUT2D eigenvalue weighted by molar-refractivity contribution is 8.02. The van der Waals surface area contributed by atoms with Crippen LogP contribution in [0.5, 0.6) is 0 Å². The van der Waals surface area contributed by atoms with E-state index in [1.54, 1.807) is 0 Å². The molecule has 2 fully saturated rings. The van der Waals surface area contributed by atoms with E-state index in [1.165, 1.54) is 0 Å². The van der Waals surface area contributed by atoms with E-state index in [0.717, 1.165) is 12.8 Å². The smallest absolute Gasteiger partial charge is 0.222 e. The van der Waals surface area contributed by atoms with Crippen molar-refractivity contribution in [2.45, 2.75) is 51.2 Å². The van der Waals surface area contributed by atoms with Gasteiger partial charge in [-0.25, -0.2) is 0 Å². The summed E-state index contributed by atoms with van der Waals surface area (Å²) >= 11 is 0. The third-order valence-electron chi connectivity index (χ3n) is 4.19. The lowest BCUT2D eigenvalue weighted by Crippen LogP contribution is -2.49. The lowest BCUT2D eigenvalue weighted by Gasteiger charge is -2.38. The number of hydrogen-bond donors (Lipinski definition) is 0. The molecule has 0 bridgehead atoms. The van der Waals surface area contributed by atoms with Gasteiger partial charge >= 0.3 is 0 Å². The number of Topliss-reactive ketones (excluding diaryl/α,β-unsaturated/α-hetero) is 1. The number of fused-ring (bicyclic) bond motifs is 1. The molecule has 1 saturated carbocycles. The quantitative estimate of drug-likeness (QED) is 0.760. The molecule has 2 unspecified atom stereocenters. The molecule has 0 radical (unpaired) electrons. The van der Waals surface area contributed by atoms with Crippen LogP contribution in [-0.2, 0) is 20.4 Å². The van der Waals surface area contributed by atoms with Crippen LogP contribution in [0.4, 0.5) is 0 Å². The van der Waals surface area contributed by atoms with Gasteiger partial charge in [-0.2, -0.15) is 0 Å². The molecule has 0 spiro atoms. The van der Waals surface area contributed by atoms with Crippen molar-refractivity contribution in [2.75, 3.05) is 0 Å². The largest absolute Gasteiger partial charge is 0.298 e. The van der Waals surface area contributed by atoms with Crippen molar-refractivity contribution >= 4 is 21.7 Å². The summed E-state index contributed by atoms with van der Waals surface area (Å²) in [5, 5.41) is -0.203. The summed E-state index contributed by atoms with van der Waals surface area (Å²) in [6.07, 6.45) is 2.81. The first-order chi connectivity index (χ1) is 7.91. The standard InChI is InChI=1S/C13H20O3S/c1-8(2)7-13-10(5-4-6-11(13)14)9(3)12(15)17(13)16/h8-10H,4-7H2,1-3H3/t9?,10-,13+,17?/m0/s1. The second kappa shape index (κ2) is 4.30. The lowest BCUT2D eigenvalue weighted by atomic mass is 9.69. The first-order valence-corrected chi connectivity index (χ1v) is 7.55. The summed E-state index contributed by atoms with van der Waals surface area (Å²) in [4.78, 5) is 24.2. The molecule has 1 aliphatic carbocycles. The lowest BCUT2D eigenvalue weighted by molar-refractivity contribution is -0.125. The number of rotatable bonds is 2. The van der Waals surface area contributed by atoms with Gasteiger partial charge in [0.05, 0.1) is 0 Å². The maximum absolute atomic E-state index is 12.4. The van der Waals surface area contributed by atoms with Crippen LogP contribution in [0.1, 0.15) is 46.5 Å². The Kier molecular flexibility index (Phi) is 3.27. The van der Waals surface area contributed by atoms with E-state index in [2.05, 4.69) is 0 Å². The van der Waals surface area contributed by atoms with Crippen molar-refractivity contribution in [1.82, 2.24) is 0 Å². The molecule has 0 aromatic heterocycles. The van der Waals surface area contributed by atoms with Gasteiger partial charge in [0.1, 0.15) is 15.5 Å². The van der Waals surface area contributed by atoms with Gasteiger partial charge in [-0.05, 0) is 31.1 Å². The van der Waals surface area contributed by atoms with Crippen LogP contribution in [-0.4, -0.2) is 19.9 Å². The van der Waals surface area contributed by atoms with Gasteiger partial charge in [0.2, 0.25) is 5.12 Å². The van der Waals surface area contributed by atoms with Crippen LogP contribution in [0.3, 0.4) is 0 Å². The Labute approximate surface area is 105 Å². The molecule has 0 amide bonds. The molecule has 17 heavy (non-hydrogen) atoms. The van der Waals surface area contributed by atoms with E-state index in [0.29, 0.717) is 18.8 Å². The molecule has 3 nitrogen and oxygen atoms in total. The third kappa shape index (κ3) is 1.72. The van der Waals surface area contributed by atoms with E-state index in [-0.39, 0.29) is 22.7 Å². The van der Waals surface area contributed by atoms with Crippen LogP contribution in [0, 0.1) is 17.8 Å². The van der Waals surface area contributed by atoms with Crippen molar-refractivity contribution < 1.29 is 13.8 Å². The molecule has 1 saturated heterocycles. The van der Waals surface area contributed by atoms with Gasteiger partial charge in [0.25, 0.3) is 0 Å². The molecule has 0 aromatic carbocycles. The number of carbonyl (C=O) groups excluding carboxylic acids is 2. The molecule has 4 heteroatoms. The first kappa shape index (κ1) is 12.9. The Morgan fingerprint density at radius 2 is 2.06 bits per heavy atom. The van der Waals surface area contributed by atoms with Crippen LogP contribution < -0.4 is 0 Å². The van der Waals surface area contributed by atoms with E-state index in [4.69, 9.17) is 0 Å². The highest BCUT2D eigenvalue weighted by atomic mass is 32.2. The Balaban J connectivity index is 2.48. The summed E-state index contributed by atoms with van der Waals surface area (Å²) in [5.74, 6) is 0.165. The predicted molar refractivity (Wildman–Crippen MR) is 66.8 cm³/mol. The topological polar surface area (TPSA) is 51.2 Å². The third-order valence-corrected chi connectivity index (χ3v) is 6.29. The fraction of sp³-hybridized carbons (Fsp3) is 0.846. The molecule has 0 N–H and O–H groups in total. The molecule has 2 aliphatic rings. The van der Waals surface area contributed by atoms with Crippen molar-refractivity contribution in [3.05, 3.63) is 0 Å². The van der Waals surface area contributed by atoms with E-state index in [1.807, 2.05) is 20.8 Å². The van der Waals surface area contributed by atoms with Crippen LogP contribution >= 0.6 is 0 Å². The predicted octanol–water partition coefficient (Wildman–Crippen LogP) is 2.07. The van der Waals surface area contributed by atoms with Crippen LogP contribution in [0.25, 0.3) is 0 Å². The Bertz CT molecular complexity index is 388. The minimum Gasteiger partial charge on any atom is -0.298 e. The summed E-state index contributed by atoms with van der Waals surface area (Å²) in [7, 11) is -1.61. The van der Waals surface area contributed by atoms with Crippen molar-refractivity contribution in [2.24, 2.45) is 17.8 Å². The molecule has 2 rings (SSSR count). The Hall–Kier alpha value is -0.510. The van der Waals surface area contributed by atoms with Crippen molar-refractivity contribution in [3.63, 3.8) is 0 Å². The molecule has 4 atom stereocenters. The van der Waals surface area contributed by atoms with Crippen LogP contribution in [0.2, 0.25) is 0 Å². The van der Waals surface area contributed by atoms with Crippen molar-refractivity contribution in [1.29, 1.82) is 0 Å². The Morgan fingerprint density at radius 3 is 2.65 bits per heavy atom. The molecule has 0 aromatic rings. The number of ketones is 1. The fourth-order valence-corrected chi connectivity index (χ4v) is 5.74. The SMILES string of the molecule is CC(C)C[C@]12C(=O)CCC[C@H]1C(C)C(=O)S2=O. The summed E-state index contributed by atoms with van der Waals surface area (Å²) < 4.78 is 11.5. The summed E-state index contributed by atoms with van der Waals surface area (Å²) in [6.45, 7) is 5.89. The Morgan fingerprint density at radius 1 is 1.41 bits per heavy atom. The second-order valence-electron chi connectivity index (χ2n) is 5.79. The average Bonchev–Trinajstić information content (AvgIpc) is 2.44. The highest BCUT2D eigenvalue weighted by Gasteiger charge is 2.62. The maximum Gasteiger partial charge on any atom is 0.222 e. The minimum absolute atomic E-state index is 0.0134. The fourth-order valence-electron chi connectivity index (χ4n) is 3.49. The zero-order valence-electron chi connectivity index (χ0n) is 10.7. The average molecular weight is 256 g/mol. The minimum atomic E-state index is -1.61. The molecular formula is C13H20O3S.